The van der Waals surface area contributed by atoms with Gasteiger partial charge in [0, 0.05) is 36.9 Å². The van der Waals surface area contributed by atoms with Gasteiger partial charge < -0.3 is 25.6 Å². The third-order valence-corrected chi connectivity index (χ3v) is 4.48. The molecule has 0 aliphatic heterocycles. The SMILES string of the molecule is CN=C(NC#N)NCCSCc1nc[nH]c1C.O=C(O)/C=C/c1ccc([O-])c(O)c1. The molecule has 1 heterocycles. The van der Waals surface area contributed by atoms with Crippen LogP contribution in [0.3, 0.4) is 0 Å². The molecule has 0 fully saturated rings. The van der Waals surface area contributed by atoms with Crippen LogP contribution in [0.15, 0.2) is 35.6 Å². The molecule has 10 nitrogen and oxygen atoms in total. The summed E-state index contributed by atoms with van der Waals surface area (Å²) in [5, 5.41) is 41.9. The summed E-state index contributed by atoms with van der Waals surface area (Å²) in [7, 11) is 1.63. The number of thioether (sulfide) groups is 1. The number of phenolic OH excluding ortho intramolecular Hbond substituents is 1. The minimum absolute atomic E-state index is 0.382. The number of H-pyrrole nitrogens is 1. The number of carboxylic acid groups (broad SMARTS) is 1. The normalized spacial score (nSPS) is 10.8. The van der Waals surface area contributed by atoms with E-state index in [1.165, 1.54) is 24.3 Å². The highest BCUT2D eigenvalue weighted by molar-refractivity contribution is 7.98. The van der Waals surface area contributed by atoms with Crippen molar-refractivity contribution < 1.29 is 20.1 Å². The molecule has 0 radical (unpaired) electrons. The van der Waals surface area contributed by atoms with Crippen molar-refractivity contribution in [3.8, 4) is 17.7 Å². The van der Waals surface area contributed by atoms with Crippen LogP contribution in [0.25, 0.3) is 6.08 Å². The molecule has 160 valence electrons. The number of phenols is 1. The van der Waals surface area contributed by atoms with Crippen molar-refractivity contribution in [1.82, 2.24) is 20.6 Å². The van der Waals surface area contributed by atoms with E-state index in [9.17, 15) is 9.90 Å². The first-order chi connectivity index (χ1) is 14.4. The minimum Gasteiger partial charge on any atom is -0.870 e. The number of nitrogens with zero attached hydrogens (tertiary/aromatic N) is 3. The van der Waals surface area contributed by atoms with E-state index in [-0.39, 0.29) is 5.75 Å². The van der Waals surface area contributed by atoms with Gasteiger partial charge >= 0.3 is 5.97 Å². The maximum Gasteiger partial charge on any atom is 0.328 e. The van der Waals surface area contributed by atoms with Gasteiger partial charge in [-0.2, -0.15) is 17.0 Å². The van der Waals surface area contributed by atoms with E-state index in [0.29, 0.717) is 11.5 Å². The average molecular weight is 431 g/mol. The summed E-state index contributed by atoms with van der Waals surface area (Å²) in [6.07, 6.45) is 5.76. The highest BCUT2D eigenvalue weighted by atomic mass is 32.2. The van der Waals surface area contributed by atoms with Crippen molar-refractivity contribution in [2.24, 2.45) is 4.99 Å². The van der Waals surface area contributed by atoms with E-state index >= 15 is 0 Å². The first-order valence-electron chi connectivity index (χ1n) is 8.70. The fraction of sp³-hybridized carbons (Fsp3) is 0.263. The Morgan fingerprint density at radius 2 is 2.27 bits per heavy atom. The summed E-state index contributed by atoms with van der Waals surface area (Å²) in [6, 6.07) is 3.82. The highest BCUT2D eigenvalue weighted by Crippen LogP contribution is 2.22. The Balaban J connectivity index is 0.000000311. The maximum absolute atomic E-state index is 10.7. The molecule has 2 rings (SSSR count). The van der Waals surface area contributed by atoms with Crippen LogP contribution in [-0.2, 0) is 10.5 Å². The van der Waals surface area contributed by atoms with Crippen LogP contribution in [0.2, 0.25) is 0 Å². The Morgan fingerprint density at radius 3 is 2.83 bits per heavy atom. The van der Waals surface area contributed by atoms with Gasteiger partial charge in [-0.05, 0) is 24.6 Å². The number of aromatic hydroxyl groups is 1. The van der Waals surface area contributed by atoms with Gasteiger partial charge in [0.25, 0.3) is 0 Å². The zero-order chi connectivity index (χ0) is 22.4. The number of hydrogen-bond donors (Lipinski definition) is 5. The van der Waals surface area contributed by atoms with E-state index in [4.69, 9.17) is 15.5 Å². The number of hydrogen-bond acceptors (Lipinski definition) is 7. The number of imidazole rings is 1. The van der Waals surface area contributed by atoms with Gasteiger partial charge in [-0.25, -0.2) is 9.78 Å². The number of rotatable bonds is 7. The van der Waals surface area contributed by atoms with Crippen molar-refractivity contribution in [2.75, 3.05) is 19.3 Å². The fourth-order valence-corrected chi connectivity index (χ4v) is 2.86. The first-order valence-corrected chi connectivity index (χ1v) is 9.86. The van der Waals surface area contributed by atoms with E-state index in [1.807, 2.05) is 13.1 Å². The summed E-state index contributed by atoms with van der Waals surface area (Å²) in [4.78, 5) is 21.3. The molecule has 11 heteroatoms. The predicted molar refractivity (Wildman–Crippen MR) is 114 cm³/mol. The zero-order valence-corrected chi connectivity index (χ0v) is 17.4. The number of benzene rings is 1. The Kier molecular flexibility index (Phi) is 11.0. The molecule has 0 aliphatic rings. The lowest BCUT2D eigenvalue weighted by molar-refractivity contribution is -0.270. The summed E-state index contributed by atoms with van der Waals surface area (Å²) in [5.41, 5.74) is 2.68. The zero-order valence-electron chi connectivity index (χ0n) is 16.5. The number of carbonyl (C=O) groups is 1. The van der Waals surface area contributed by atoms with Crippen LogP contribution in [-0.4, -0.2) is 51.5 Å². The van der Waals surface area contributed by atoms with Gasteiger partial charge in [0.2, 0.25) is 5.96 Å². The number of guanidine groups is 1. The van der Waals surface area contributed by atoms with Crippen molar-refractivity contribution in [3.05, 3.63) is 47.6 Å². The van der Waals surface area contributed by atoms with Gasteiger partial charge in [0.1, 0.15) is 5.75 Å². The van der Waals surface area contributed by atoms with Crippen molar-refractivity contribution in [3.63, 3.8) is 0 Å². The molecule has 0 amide bonds. The topological polar surface area (TPSA) is 169 Å². The quantitative estimate of drug-likeness (QED) is 0.108. The lowest BCUT2D eigenvalue weighted by Crippen LogP contribution is -2.35. The lowest BCUT2D eigenvalue weighted by atomic mass is 10.2. The number of carboxylic acids is 1. The molecule has 0 saturated heterocycles. The average Bonchev–Trinajstić information content (AvgIpc) is 3.13. The summed E-state index contributed by atoms with van der Waals surface area (Å²) in [5.74, 6) is 0.384. The van der Waals surface area contributed by atoms with E-state index in [1.54, 1.807) is 25.1 Å². The molecule has 0 saturated carbocycles. The van der Waals surface area contributed by atoms with Crippen LogP contribution in [0.1, 0.15) is 17.0 Å². The van der Waals surface area contributed by atoms with Crippen LogP contribution in [0.4, 0.5) is 0 Å². The van der Waals surface area contributed by atoms with Gasteiger partial charge in [-0.15, -0.1) is 0 Å². The molecule has 0 unspecified atom stereocenters. The smallest absolute Gasteiger partial charge is 0.328 e. The second kappa shape index (κ2) is 13.5. The molecule has 0 atom stereocenters. The largest absolute Gasteiger partial charge is 0.870 e. The van der Waals surface area contributed by atoms with Crippen LogP contribution in [0.5, 0.6) is 11.5 Å². The standard InChI is InChI=1S/C10H16N6S.C9H8O4/c1-8-9(16-7-15-8)5-17-4-3-13-10(12-2)14-6-11;10-7-3-1-6(5-8(7)11)2-4-9(12)13/h7H,3-5H2,1-2H3,(H,15,16)(H2,12,13,14);1-5,10-11H,(H,12,13)/p-1/b;4-2+. The van der Waals surface area contributed by atoms with Gasteiger partial charge in [-0.1, -0.05) is 17.9 Å². The third-order valence-electron chi connectivity index (χ3n) is 3.51. The molecule has 1 aromatic carbocycles. The van der Waals surface area contributed by atoms with Gasteiger partial charge in [0.05, 0.1) is 12.0 Å². The molecular formula is C19H23N6O4S-. The Bertz CT molecular complexity index is 920. The van der Waals surface area contributed by atoms with E-state index in [2.05, 4.69) is 25.6 Å². The van der Waals surface area contributed by atoms with Crippen molar-refractivity contribution in [2.45, 2.75) is 12.7 Å². The lowest BCUT2D eigenvalue weighted by Gasteiger charge is -2.07. The van der Waals surface area contributed by atoms with Gasteiger partial charge in [0.15, 0.2) is 6.19 Å². The minimum atomic E-state index is -1.08. The molecular weight excluding hydrogens is 408 g/mol. The highest BCUT2D eigenvalue weighted by Gasteiger charge is 2.01. The number of aromatic amines is 1. The number of aryl methyl sites for hydroxylation is 1. The van der Waals surface area contributed by atoms with Gasteiger partial charge in [-0.3, -0.25) is 10.3 Å². The maximum atomic E-state index is 10.7. The van der Waals surface area contributed by atoms with E-state index < -0.39 is 11.7 Å². The number of aliphatic carboxylic acids is 1. The molecule has 2 aromatic rings. The molecule has 0 bridgehead atoms. The third kappa shape index (κ3) is 9.52. The molecule has 30 heavy (non-hydrogen) atoms. The van der Waals surface area contributed by atoms with Crippen LogP contribution >= 0.6 is 11.8 Å². The number of aliphatic imine (C=N–C) groups is 1. The summed E-state index contributed by atoms with van der Waals surface area (Å²) < 4.78 is 0. The Labute approximate surface area is 178 Å². The Morgan fingerprint density at radius 1 is 1.50 bits per heavy atom. The summed E-state index contributed by atoms with van der Waals surface area (Å²) >= 11 is 1.79. The monoisotopic (exact) mass is 431 g/mol. The van der Waals surface area contributed by atoms with Crippen molar-refractivity contribution >= 4 is 29.8 Å². The second-order valence-electron chi connectivity index (χ2n) is 5.66. The predicted octanol–water partition coefficient (Wildman–Crippen LogP) is 1.16. The fourth-order valence-electron chi connectivity index (χ4n) is 1.98. The number of aromatic nitrogens is 2. The summed E-state index contributed by atoms with van der Waals surface area (Å²) in [6.45, 7) is 2.77. The van der Waals surface area contributed by atoms with Crippen molar-refractivity contribution in [1.29, 1.82) is 5.26 Å². The first kappa shape index (κ1) is 24.4. The number of nitrogens with one attached hydrogen (secondary N) is 3. The molecule has 0 aliphatic carbocycles. The Hall–Kier alpha value is -3.65. The second-order valence-corrected chi connectivity index (χ2v) is 6.77. The molecule has 5 N–H and O–H groups in total. The molecule has 1 aromatic heterocycles. The van der Waals surface area contributed by atoms with Crippen LogP contribution < -0.4 is 15.7 Å². The molecule has 0 spiro atoms. The number of nitriles is 1. The van der Waals surface area contributed by atoms with Crippen LogP contribution in [0, 0.1) is 18.4 Å². The van der Waals surface area contributed by atoms with E-state index in [0.717, 1.165) is 35.5 Å².